The van der Waals surface area contributed by atoms with Gasteiger partial charge in [0.2, 0.25) is 0 Å². The number of methoxy groups -OCH3 is 2. The van der Waals surface area contributed by atoms with Gasteiger partial charge >= 0.3 is 12.1 Å². The lowest BCUT2D eigenvalue weighted by atomic mass is 9.84. The van der Waals surface area contributed by atoms with Crippen LogP contribution in [0.4, 0.5) is 10.5 Å². The summed E-state index contributed by atoms with van der Waals surface area (Å²) in [7, 11) is 3.00. The fraction of sp³-hybridized carbons (Fsp3) is 0.282. The van der Waals surface area contributed by atoms with E-state index in [-0.39, 0.29) is 19.0 Å². The molecule has 7 nitrogen and oxygen atoms in total. The van der Waals surface area contributed by atoms with Gasteiger partial charge in [-0.3, -0.25) is 9.69 Å². The van der Waals surface area contributed by atoms with Gasteiger partial charge in [-0.15, -0.1) is 13.2 Å². The van der Waals surface area contributed by atoms with E-state index < -0.39 is 11.7 Å². The highest BCUT2D eigenvalue weighted by molar-refractivity contribution is 6.01. The first kappa shape index (κ1) is 35.6. The summed E-state index contributed by atoms with van der Waals surface area (Å²) in [6.45, 7) is 15.8. The number of anilines is 1. The standard InChI is InChI=1S/C33H31NO5.C4H10O.C2H4/c1-21-10-12-24(13-11-21)29-17-30-27-15-14-26(37-3)16-25(27)19-34(33(36)38-4)32(30)22(2)28(29)18-31(35)39-20-23-8-6-5-7-9-23;1-4(2,3)5;1-2/h5-17H,18-20H2,1-4H3;5H,1-3H3;1-2H2. The van der Waals surface area contributed by atoms with Gasteiger partial charge in [-0.05, 0) is 91.8 Å². The zero-order valence-corrected chi connectivity index (χ0v) is 28.0. The Bertz CT molecular complexity index is 1630. The van der Waals surface area contributed by atoms with Crippen LogP contribution in [-0.4, -0.2) is 37.0 Å². The molecule has 7 heteroatoms. The Labute approximate surface area is 273 Å². The van der Waals surface area contributed by atoms with Gasteiger partial charge in [-0.2, -0.15) is 0 Å². The van der Waals surface area contributed by atoms with Crippen molar-refractivity contribution < 1.29 is 28.9 Å². The number of esters is 1. The van der Waals surface area contributed by atoms with Crippen LogP contribution in [0.1, 0.15) is 48.6 Å². The molecule has 1 amide bonds. The number of hydrogen-bond acceptors (Lipinski definition) is 6. The Morgan fingerprint density at radius 1 is 0.870 bits per heavy atom. The Morgan fingerprint density at radius 3 is 2.09 bits per heavy atom. The number of carbonyl (C=O) groups is 2. The number of amides is 1. The van der Waals surface area contributed by atoms with Gasteiger partial charge in [0.05, 0.1) is 38.5 Å². The smallest absolute Gasteiger partial charge is 0.414 e. The summed E-state index contributed by atoms with van der Waals surface area (Å²) in [5.74, 6) is 0.385. The number of carbonyl (C=O) groups excluding carboxylic acids is 2. The summed E-state index contributed by atoms with van der Waals surface area (Å²) in [5.41, 5.74) is 8.76. The van der Waals surface area contributed by atoms with E-state index in [1.807, 2.05) is 62.4 Å². The maximum atomic E-state index is 13.1. The largest absolute Gasteiger partial charge is 0.497 e. The molecule has 0 unspecified atom stereocenters. The molecule has 1 aliphatic rings. The Balaban J connectivity index is 0.000000752. The van der Waals surface area contributed by atoms with E-state index >= 15 is 0 Å². The molecule has 1 N–H and O–H groups in total. The second-order valence-electron chi connectivity index (χ2n) is 11.9. The van der Waals surface area contributed by atoms with Crippen LogP contribution in [0.5, 0.6) is 5.75 Å². The fourth-order valence-corrected chi connectivity index (χ4v) is 5.16. The Hall–Kier alpha value is -4.88. The SMILES string of the molecule is C=C.CC(C)(C)O.COC(=O)N1Cc2cc(OC)ccc2-c2cc(-c3ccc(C)cc3)c(CC(=O)OCc3ccccc3)c(C)c21. The molecule has 5 rings (SSSR count). The minimum absolute atomic E-state index is 0.0691. The third kappa shape index (κ3) is 9.08. The molecule has 1 aliphatic heterocycles. The van der Waals surface area contributed by atoms with Crippen LogP contribution >= 0.6 is 0 Å². The topological polar surface area (TPSA) is 85.3 Å². The summed E-state index contributed by atoms with van der Waals surface area (Å²) in [6.07, 6.45) is -0.395. The normalized spacial score (nSPS) is 11.4. The molecule has 0 radical (unpaired) electrons. The molecular formula is C39H45NO6. The van der Waals surface area contributed by atoms with Crippen molar-refractivity contribution in [1.82, 2.24) is 0 Å². The number of ether oxygens (including phenoxy) is 3. The number of fused-ring (bicyclic) bond motifs is 3. The van der Waals surface area contributed by atoms with Crippen LogP contribution in [-0.2, 0) is 33.8 Å². The second-order valence-corrected chi connectivity index (χ2v) is 11.9. The van der Waals surface area contributed by atoms with Crippen molar-refractivity contribution >= 4 is 17.7 Å². The van der Waals surface area contributed by atoms with E-state index in [1.165, 1.54) is 7.11 Å². The maximum Gasteiger partial charge on any atom is 0.414 e. The van der Waals surface area contributed by atoms with Gasteiger partial charge in [-0.25, -0.2) is 4.79 Å². The van der Waals surface area contributed by atoms with E-state index in [9.17, 15) is 9.59 Å². The number of aryl methyl sites for hydroxylation is 1. The predicted molar refractivity (Wildman–Crippen MR) is 185 cm³/mol. The molecule has 0 saturated heterocycles. The van der Waals surface area contributed by atoms with Crippen molar-refractivity contribution in [2.75, 3.05) is 19.1 Å². The van der Waals surface area contributed by atoms with Gasteiger partial charge in [-0.1, -0.05) is 66.2 Å². The minimum Gasteiger partial charge on any atom is -0.497 e. The molecule has 4 aromatic rings. The maximum absolute atomic E-state index is 13.1. The third-order valence-corrected chi connectivity index (χ3v) is 7.20. The van der Waals surface area contributed by atoms with E-state index in [4.69, 9.17) is 19.3 Å². The van der Waals surface area contributed by atoms with Gasteiger partial charge in [0.15, 0.2) is 0 Å². The molecular weight excluding hydrogens is 578 g/mol. The first-order valence-corrected chi connectivity index (χ1v) is 15.1. The third-order valence-electron chi connectivity index (χ3n) is 7.20. The van der Waals surface area contributed by atoms with E-state index in [2.05, 4.69) is 43.5 Å². The van der Waals surface area contributed by atoms with Crippen LogP contribution < -0.4 is 9.64 Å². The molecule has 46 heavy (non-hydrogen) atoms. The lowest BCUT2D eigenvalue weighted by molar-refractivity contribution is -0.144. The lowest BCUT2D eigenvalue weighted by Gasteiger charge is -2.33. The Morgan fingerprint density at radius 2 is 1.50 bits per heavy atom. The summed E-state index contributed by atoms with van der Waals surface area (Å²) in [4.78, 5) is 27.8. The molecule has 1 heterocycles. The highest BCUT2D eigenvalue weighted by atomic mass is 16.5. The highest BCUT2D eigenvalue weighted by Gasteiger charge is 2.32. The molecule has 0 saturated carbocycles. The van der Waals surface area contributed by atoms with Crippen molar-refractivity contribution in [2.24, 2.45) is 0 Å². The molecule has 0 aliphatic carbocycles. The van der Waals surface area contributed by atoms with Gasteiger partial charge in [0.25, 0.3) is 0 Å². The van der Waals surface area contributed by atoms with Gasteiger partial charge < -0.3 is 19.3 Å². The average Bonchev–Trinajstić information content (AvgIpc) is 3.04. The summed E-state index contributed by atoms with van der Waals surface area (Å²) in [6, 6.07) is 25.8. The molecule has 0 atom stereocenters. The quantitative estimate of drug-likeness (QED) is 0.171. The lowest BCUT2D eigenvalue weighted by Crippen LogP contribution is -2.34. The minimum atomic E-state index is -0.500. The van der Waals surface area contributed by atoms with Crippen molar-refractivity contribution in [3.8, 4) is 28.0 Å². The van der Waals surface area contributed by atoms with Crippen LogP contribution in [0.25, 0.3) is 22.3 Å². The van der Waals surface area contributed by atoms with Gasteiger partial charge in [0, 0.05) is 5.56 Å². The zero-order valence-electron chi connectivity index (χ0n) is 28.0. The Kier molecular flexibility index (Phi) is 12.3. The van der Waals surface area contributed by atoms with Crippen LogP contribution in [0.3, 0.4) is 0 Å². The summed E-state index contributed by atoms with van der Waals surface area (Å²) < 4.78 is 16.3. The molecule has 242 valence electrons. The molecule has 0 spiro atoms. The number of benzene rings is 4. The fourth-order valence-electron chi connectivity index (χ4n) is 5.16. The van der Waals surface area contributed by atoms with Crippen molar-refractivity contribution in [2.45, 2.75) is 59.8 Å². The number of hydrogen-bond donors (Lipinski definition) is 1. The molecule has 4 aromatic carbocycles. The van der Waals surface area contributed by atoms with E-state index in [0.717, 1.165) is 61.5 Å². The summed E-state index contributed by atoms with van der Waals surface area (Å²) in [5, 5.41) is 8.52. The summed E-state index contributed by atoms with van der Waals surface area (Å²) >= 11 is 0. The highest BCUT2D eigenvalue weighted by Crippen LogP contribution is 2.47. The second kappa shape index (κ2) is 15.9. The number of nitrogens with zero attached hydrogens (tertiary/aromatic N) is 1. The van der Waals surface area contributed by atoms with E-state index in [0.29, 0.717) is 6.54 Å². The first-order valence-electron chi connectivity index (χ1n) is 15.1. The monoisotopic (exact) mass is 623 g/mol. The van der Waals surface area contributed by atoms with Crippen molar-refractivity contribution in [1.29, 1.82) is 0 Å². The first-order chi connectivity index (χ1) is 21.9. The predicted octanol–water partition coefficient (Wildman–Crippen LogP) is 8.60. The molecule has 0 aromatic heterocycles. The zero-order chi connectivity index (χ0) is 34.0. The molecule has 0 fully saturated rings. The van der Waals surface area contributed by atoms with Crippen molar-refractivity contribution in [3.63, 3.8) is 0 Å². The van der Waals surface area contributed by atoms with Gasteiger partial charge in [0.1, 0.15) is 12.4 Å². The van der Waals surface area contributed by atoms with Crippen LogP contribution in [0.15, 0.2) is 92.0 Å². The van der Waals surface area contributed by atoms with Crippen molar-refractivity contribution in [3.05, 3.63) is 120 Å². The number of rotatable bonds is 6. The van der Waals surface area contributed by atoms with Crippen LogP contribution in [0, 0.1) is 13.8 Å². The average molecular weight is 624 g/mol. The number of aliphatic hydroxyl groups is 1. The molecule has 0 bridgehead atoms. The van der Waals surface area contributed by atoms with Crippen LogP contribution in [0.2, 0.25) is 0 Å². The van der Waals surface area contributed by atoms with E-state index in [1.54, 1.807) is 32.8 Å².